The monoisotopic (exact) mass is 347 g/mol. The smallest absolute Gasteiger partial charge is 0.208 e. The average molecular weight is 348 g/mol. The topological polar surface area (TPSA) is 50.5 Å². The lowest BCUT2D eigenvalue weighted by Crippen LogP contribution is -2.51. The van der Waals surface area contributed by atoms with Gasteiger partial charge in [0.25, 0.3) is 0 Å². The van der Waals surface area contributed by atoms with E-state index in [9.17, 15) is 0 Å². The zero-order valence-electron chi connectivity index (χ0n) is 15.9. The molecule has 0 radical (unpaired) electrons. The summed E-state index contributed by atoms with van der Waals surface area (Å²) in [6.45, 7) is 9.31. The molecule has 0 aromatic carbocycles. The summed E-state index contributed by atoms with van der Waals surface area (Å²) in [7, 11) is 0. The van der Waals surface area contributed by atoms with Crippen LogP contribution in [0.5, 0.6) is 0 Å². The molecule has 0 amide bonds. The number of hydrogen-bond acceptors (Lipinski definition) is 5. The highest BCUT2D eigenvalue weighted by molar-refractivity contribution is 5.05. The van der Waals surface area contributed by atoms with Gasteiger partial charge in [-0.15, -0.1) is 0 Å². The SMILES string of the molecule is Cc1nc(CN2CCC(CNC3CCOC4(CCC4)C3)CC2)oc1C. The van der Waals surface area contributed by atoms with Gasteiger partial charge in [0, 0.05) is 12.6 Å². The molecular weight excluding hydrogens is 314 g/mol. The molecule has 2 saturated heterocycles. The van der Waals surface area contributed by atoms with E-state index in [2.05, 4.69) is 15.2 Å². The largest absolute Gasteiger partial charge is 0.444 e. The molecule has 2 aliphatic heterocycles. The first kappa shape index (κ1) is 17.5. The van der Waals surface area contributed by atoms with Gasteiger partial charge in [-0.1, -0.05) is 0 Å². The van der Waals surface area contributed by atoms with E-state index in [4.69, 9.17) is 9.15 Å². The Hall–Kier alpha value is -0.910. The second-order valence-electron chi connectivity index (χ2n) is 8.45. The van der Waals surface area contributed by atoms with Gasteiger partial charge in [0.05, 0.1) is 17.8 Å². The molecule has 1 atom stereocenters. The molecular formula is C20H33N3O2. The summed E-state index contributed by atoms with van der Waals surface area (Å²) in [5, 5.41) is 3.86. The molecule has 5 heteroatoms. The van der Waals surface area contributed by atoms with Crippen molar-refractivity contribution in [2.45, 2.75) is 77.0 Å². The molecule has 5 nitrogen and oxygen atoms in total. The number of nitrogens with one attached hydrogen (secondary N) is 1. The number of aromatic nitrogens is 1. The highest BCUT2D eigenvalue weighted by atomic mass is 16.5. The second kappa shape index (κ2) is 7.37. The first-order chi connectivity index (χ1) is 12.1. The third-order valence-corrected chi connectivity index (χ3v) is 6.59. The van der Waals surface area contributed by atoms with Crippen molar-refractivity contribution in [3.05, 3.63) is 17.3 Å². The normalized spacial score (nSPS) is 27.5. The van der Waals surface area contributed by atoms with Crippen LogP contribution in [0.1, 0.15) is 62.3 Å². The van der Waals surface area contributed by atoms with Crippen LogP contribution in [-0.4, -0.2) is 47.8 Å². The first-order valence-electron chi connectivity index (χ1n) is 10.1. The van der Waals surface area contributed by atoms with Crippen LogP contribution >= 0.6 is 0 Å². The molecule has 3 fully saturated rings. The van der Waals surface area contributed by atoms with E-state index >= 15 is 0 Å². The van der Waals surface area contributed by atoms with Crippen molar-refractivity contribution in [2.24, 2.45) is 5.92 Å². The van der Waals surface area contributed by atoms with Gasteiger partial charge in [0.1, 0.15) is 5.76 Å². The maximum absolute atomic E-state index is 6.04. The Bertz CT molecular complexity index is 554. The molecule has 1 N–H and O–H groups in total. The summed E-state index contributed by atoms with van der Waals surface area (Å²) in [6.07, 6.45) is 8.89. The van der Waals surface area contributed by atoms with Crippen molar-refractivity contribution in [1.29, 1.82) is 0 Å². The summed E-state index contributed by atoms with van der Waals surface area (Å²) in [5.74, 6) is 2.64. The Morgan fingerprint density at radius 2 is 2.00 bits per heavy atom. The predicted octanol–water partition coefficient (Wildman–Crippen LogP) is 3.19. The third-order valence-electron chi connectivity index (χ3n) is 6.59. The Kier molecular flexibility index (Phi) is 5.16. The van der Waals surface area contributed by atoms with Gasteiger partial charge >= 0.3 is 0 Å². The van der Waals surface area contributed by atoms with Crippen LogP contribution < -0.4 is 5.32 Å². The number of likely N-dealkylation sites (tertiary alicyclic amines) is 1. The molecule has 1 saturated carbocycles. The molecule has 1 aromatic heterocycles. The molecule has 25 heavy (non-hydrogen) atoms. The van der Waals surface area contributed by atoms with Gasteiger partial charge < -0.3 is 14.5 Å². The van der Waals surface area contributed by atoms with Gasteiger partial charge in [-0.05, 0) is 84.3 Å². The van der Waals surface area contributed by atoms with E-state index in [1.165, 1.54) is 51.5 Å². The van der Waals surface area contributed by atoms with Crippen molar-refractivity contribution < 1.29 is 9.15 Å². The summed E-state index contributed by atoms with van der Waals surface area (Å²) in [4.78, 5) is 7.00. The Morgan fingerprint density at radius 1 is 1.20 bits per heavy atom. The van der Waals surface area contributed by atoms with Gasteiger partial charge in [-0.25, -0.2) is 4.98 Å². The van der Waals surface area contributed by atoms with Crippen LogP contribution in [0.4, 0.5) is 0 Å². The van der Waals surface area contributed by atoms with Crippen molar-refractivity contribution in [2.75, 3.05) is 26.2 Å². The summed E-state index contributed by atoms with van der Waals surface area (Å²) in [6, 6.07) is 0.672. The summed E-state index contributed by atoms with van der Waals surface area (Å²) >= 11 is 0. The Labute approximate surface area is 151 Å². The van der Waals surface area contributed by atoms with Crippen molar-refractivity contribution in [1.82, 2.24) is 15.2 Å². The maximum atomic E-state index is 6.04. The molecule has 3 aliphatic rings. The molecule has 0 bridgehead atoms. The van der Waals surface area contributed by atoms with Crippen molar-refractivity contribution >= 4 is 0 Å². The van der Waals surface area contributed by atoms with E-state index in [1.54, 1.807) is 0 Å². The van der Waals surface area contributed by atoms with E-state index < -0.39 is 0 Å². The van der Waals surface area contributed by atoms with Crippen LogP contribution in [0, 0.1) is 19.8 Å². The standard InChI is InChI=1S/C20H33N3O2/c1-15-16(2)25-19(22-15)14-23-9-4-17(5-10-23)13-21-18-6-11-24-20(12-18)7-3-8-20/h17-18,21H,3-14H2,1-2H3. The summed E-state index contributed by atoms with van der Waals surface area (Å²) < 4.78 is 11.8. The molecule has 1 aromatic rings. The van der Waals surface area contributed by atoms with Crippen LogP contribution in [0.15, 0.2) is 4.42 Å². The lowest BCUT2D eigenvalue weighted by Gasteiger charge is -2.47. The predicted molar refractivity (Wildman–Crippen MR) is 97.5 cm³/mol. The number of oxazole rings is 1. The van der Waals surface area contributed by atoms with E-state index in [1.807, 2.05) is 13.8 Å². The lowest BCUT2D eigenvalue weighted by atomic mass is 9.74. The van der Waals surface area contributed by atoms with E-state index in [0.29, 0.717) is 6.04 Å². The number of aryl methyl sites for hydroxylation is 2. The fourth-order valence-corrected chi connectivity index (χ4v) is 4.60. The minimum Gasteiger partial charge on any atom is -0.444 e. The molecule has 3 heterocycles. The van der Waals surface area contributed by atoms with Gasteiger partial charge in [-0.2, -0.15) is 0 Å². The number of piperidine rings is 1. The highest BCUT2D eigenvalue weighted by Crippen LogP contribution is 2.42. The molecule has 1 aliphatic carbocycles. The lowest BCUT2D eigenvalue weighted by molar-refractivity contribution is -0.135. The highest BCUT2D eigenvalue weighted by Gasteiger charge is 2.42. The molecule has 4 rings (SSSR count). The van der Waals surface area contributed by atoms with Gasteiger partial charge in [-0.3, -0.25) is 4.90 Å². The van der Waals surface area contributed by atoms with Crippen LogP contribution in [-0.2, 0) is 11.3 Å². The van der Waals surface area contributed by atoms with Crippen LogP contribution in [0.2, 0.25) is 0 Å². The average Bonchev–Trinajstić information content (AvgIpc) is 2.91. The Balaban J connectivity index is 1.17. The number of rotatable bonds is 5. The summed E-state index contributed by atoms with van der Waals surface area (Å²) in [5.41, 5.74) is 1.28. The van der Waals surface area contributed by atoms with Crippen LogP contribution in [0.25, 0.3) is 0 Å². The van der Waals surface area contributed by atoms with Crippen molar-refractivity contribution in [3.63, 3.8) is 0 Å². The minimum atomic E-state index is 0.256. The third kappa shape index (κ3) is 4.09. The molecule has 140 valence electrons. The Morgan fingerprint density at radius 3 is 2.64 bits per heavy atom. The van der Waals surface area contributed by atoms with Crippen LogP contribution in [0.3, 0.4) is 0 Å². The number of hydrogen-bond donors (Lipinski definition) is 1. The zero-order valence-corrected chi connectivity index (χ0v) is 15.9. The fourth-order valence-electron chi connectivity index (χ4n) is 4.60. The zero-order chi connectivity index (χ0) is 17.3. The number of nitrogens with zero attached hydrogens (tertiary/aromatic N) is 2. The van der Waals surface area contributed by atoms with E-state index in [0.717, 1.165) is 49.5 Å². The minimum absolute atomic E-state index is 0.256. The van der Waals surface area contributed by atoms with E-state index in [-0.39, 0.29) is 5.60 Å². The maximum Gasteiger partial charge on any atom is 0.208 e. The van der Waals surface area contributed by atoms with Gasteiger partial charge in [0.2, 0.25) is 5.89 Å². The number of ether oxygens (including phenoxy) is 1. The quantitative estimate of drug-likeness (QED) is 0.886. The fraction of sp³-hybridized carbons (Fsp3) is 0.850. The molecule has 1 spiro atoms. The first-order valence-corrected chi connectivity index (χ1v) is 10.1. The van der Waals surface area contributed by atoms with Crippen molar-refractivity contribution in [3.8, 4) is 0 Å². The molecule has 1 unspecified atom stereocenters. The van der Waals surface area contributed by atoms with Gasteiger partial charge in [0.15, 0.2) is 0 Å². The second-order valence-corrected chi connectivity index (χ2v) is 8.45.